The van der Waals surface area contributed by atoms with E-state index in [1.165, 1.54) is 0 Å². The zero-order valence-electron chi connectivity index (χ0n) is 17.2. The molecule has 8 heteroatoms. The van der Waals surface area contributed by atoms with E-state index in [0.29, 0.717) is 12.4 Å². The minimum Gasteiger partial charge on any atom is -0.444 e. The zero-order valence-corrected chi connectivity index (χ0v) is 18.8. The zero-order chi connectivity index (χ0) is 21.3. The number of halogens is 1. The van der Waals surface area contributed by atoms with Crippen LogP contribution in [0.2, 0.25) is 0 Å². The molecule has 0 spiro atoms. The van der Waals surface area contributed by atoms with Gasteiger partial charge in [-0.05, 0) is 55.1 Å². The maximum absolute atomic E-state index is 12.6. The molecule has 1 saturated heterocycles. The normalized spacial score (nSPS) is 16.7. The average molecular weight is 470 g/mol. The van der Waals surface area contributed by atoms with Gasteiger partial charge in [-0.15, -0.1) is 0 Å². The van der Waals surface area contributed by atoms with E-state index in [9.17, 15) is 4.79 Å². The SMILES string of the molecule is CC(C)(C)OC(=O)N1CCCC1c1ncc(-c2ccc(-c3ncc(Br)cn3)cc2)[nH]1. The molecule has 1 N–H and O–H groups in total. The molecule has 1 atom stereocenters. The van der Waals surface area contributed by atoms with Crippen LogP contribution >= 0.6 is 15.9 Å². The number of H-pyrrole nitrogens is 1. The number of carbonyl (C=O) groups is 1. The van der Waals surface area contributed by atoms with Crippen LogP contribution in [0.25, 0.3) is 22.6 Å². The van der Waals surface area contributed by atoms with Crippen LogP contribution in [0.15, 0.2) is 47.3 Å². The maximum atomic E-state index is 12.6. The molecule has 0 radical (unpaired) electrons. The summed E-state index contributed by atoms with van der Waals surface area (Å²) in [5.74, 6) is 1.46. The minimum absolute atomic E-state index is 0.0935. The van der Waals surface area contributed by atoms with Crippen molar-refractivity contribution in [3.05, 3.63) is 53.2 Å². The van der Waals surface area contributed by atoms with Crippen LogP contribution in [0.4, 0.5) is 4.79 Å². The van der Waals surface area contributed by atoms with Crippen LogP contribution in [-0.4, -0.2) is 43.1 Å². The molecule has 30 heavy (non-hydrogen) atoms. The molecule has 2 aromatic heterocycles. The molecule has 3 aromatic rings. The van der Waals surface area contributed by atoms with Gasteiger partial charge >= 0.3 is 6.09 Å². The highest BCUT2D eigenvalue weighted by Crippen LogP contribution is 2.33. The number of ether oxygens (including phenoxy) is 1. The number of hydrogen-bond donors (Lipinski definition) is 1. The number of benzene rings is 1. The van der Waals surface area contributed by atoms with Gasteiger partial charge in [-0.3, -0.25) is 4.90 Å². The quantitative estimate of drug-likeness (QED) is 0.557. The molecule has 1 fully saturated rings. The van der Waals surface area contributed by atoms with Crippen LogP contribution in [0.1, 0.15) is 45.5 Å². The van der Waals surface area contributed by atoms with E-state index in [2.05, 4.69) is 35.9 Å². The highest BCUT2D eigenvalue weighted by molar-refractivity contribution is 9.10. The Labute approximate surface area is 184 Å². The van der Waals surface area contributed by atoms with Crippen LogP contribution < -0.4 is 0 Å². The van der Waals surface area contributed by atoms with Gasteiger partial charge in [-0.1, -0.05) is 24.3 Å². The van der Waals surface area contributed by atoms with E-state index < -0.39 is 5.60 Å². The number of imidazole rings is 1. The molecule has 1 unspecified atom stereocenters. The third-order valence-electron chi connectivity index (χ3n) is 4.87. The first-order chi connectivity index (χ1) is 14.3. The molecule has 156 valence electrons. The lowest BCUT2D eigenvalue weighted by atomic mass is 10.1. The summed E-state index contributed by atoms with van der Waals surface area (Å²) in [6.45, 7) is 6.31. The number of amides is 1. The number of hydrogen-bond acceptors (Lipinski definition) is 5. The van der Waals surface area contributed by atoms with Crippen molar-refractivity contribution < 1.29 is 9.53 Å². The van der Waals surface area contributed by atoms with Gasteiger partial charge < -0.3 is 9.72 Å². The second-order valence-electron chi connectivity index (χ2n) is 8.32. The number of nitrogens with zero attached hydrogens (tertiary/aromatic N) is 4. The number of likely N-dealkylation sites (tertiary alicyclic amines) is 1. The Bertz CT molecular complexity index is 1020. The van der Waals surface area contributed by atoms with E-state index in [0.717, 1.165) is 40.0 Å². The smallest absolute Gasteiger partial charge is 0.410 e. The van der Waals surface area contributed by atoms with Crippen LogP contribution in [0.5, 0.6) is 0 Å². The average Bonchev–Trinajstić information content (AvgIpc) is 3.37. The minimum atomic E-state index is -0.515. The van der Waals surface area contributed by atoms with Crippen molar-refractivity contribution in [1.29, 1.82) is 0 Å². The lowest BCUT2D eigenvalue weighted by molar-refractivity contribution is 0.0218. The van der Waals surface area contributed by atoms with Crippen molar-refractivity contribution in [2.45, 2.75) is 45.3 Å². The van der Waals surface area contributed by atoms with Gasteiger partial charge in [0.2, 0.25) is 0 Å². The van der Waals surface area contributed by atoms with Gasteiger partial charge in [0, 0.05) is 24.5 Å². The summed E-state index contributed by atoms with van der Waals surface area (Å²) in [6.07, 6.45) is 6.78. The largest absolute Gasteiger partial charge is 0.444 e. The van der Waals surface area contributed by atoms with Crippen LogP contribution in [0.3, 0.4) is 0 Å². The Balaban J connectivity index is 1.51. The van der Waals surface area contributed by atoms with Crippen molar-refractivity contribution in [3.8, 4) is 22.6 Å². The van der Waals surface area contributed by atoms with Crippen molar-refractivity contribution >= 4 is 22.0 Å². The standard InChI is InChI=1S/C22H24BrN5O2/c1-22(2,3)30-21(29)28-10-4-5-18(28)20-26-13-17(27-20)14-6-8-15(9-7-14)19-24-11-16(23)12-25-19/h6-9,11-13,18H,4-5,10H2,1-3H3,(H,26,27). The van der Waals surface area contributed by atoms with Crippen LogP contribution in [0, 0.1) is 0 Å². The van der Waals surface area contributed by atoms with E-state index in [1.807, 2.05) is 51.2 Å². The molecule has 1 aromatic carbocycles. The molecule has 0 aliphatic carbocycles. The summed E-state index contributed by atoms with van der Waals surface area (Å²) < 4.78 is 6.41. The Kier molecular flexibility index (Phi) is 5.60. The molecule has 3 heterocycles. The lowest BCUT2D eigenvalue weighted by Gasteiger charge is -2.27. The first kappa shape index (κ1) is 20.5. The predicted octanol–water partition coefficient (Wildman–Crippen LogP) is 5.37. The van der Waals surface area contributed by atoms with Crippen LogP contribution in [-0.2, 0) is 4.74 Å². The van der Waals surface area contributed by atoms with Gasteiger partial charge in [0.15, 0.2) is 5.82 Å². The molecular weight excluding hydrogens is 446 g/mol. The molecule has 0 saturated carbocycles. The summed E-state index contributed by atoms with van der Waals surface area (Å²) in [5, 5.41) is 0. The third kappa shape index (κ3) is 4.53. The molecule has 0 bridgehead atoms. The molecule has 7 nitrogen and oxygen atoms in total. The van der Waals surface area contributed by atoms with Crippen molar-refractivity contribution in [3.63, 3.8) is 0 Å². The highest BCUT2D eigenvalue weighted by atomic mass is 79.9. The fraction of sp³-hybridized carbons (Fsp3) is 0.364. The summed E-state index contributed by atoms with van der Waals surface area (Å²) in [5.41, 5.74) is 2.34. The van der Waals surface area contributed by atoms with Gasteiger partial charge in [-0.2, -0.15) is 0 Å². The second kappa shape index (κ2) is 8.18. The fourth-order valence-corrected chi connectivity index (χ4v) is 3.71. The maximum Gasteiger partial charge on any atom is 0.410 e. The molecular formula is C22H24BrN5O2. The third-order valence-corrected chi connectivity index (χ3v) is 5.28. The van der Waals surface area contributed by atoms with Crippen molar-refractivity contribution in [1.82, 2.24) is 24.8 Å². The lowest BCUT2D eigenvalue weighted by Crippen LogP contribution is -2.36. The van der Waals surface area contributed by atoms with E-state index in [-0.39, 0.29) is 12.1 Å². The van der Waals surface area contributed by atoms with Crippen molar-refractivity contribution in [2.24, 2.45) is 0 Å². The Hall–Kier alpha value is -2.74. The second-order valence-corrected chi connectivity index (χ2v) is 9.23. The molecule has 1 aliphatic heterocycles. The Morgan fingerprint density at radius 1 is 1.10 bits per heavy atom. The van der Waals surface area contributed by atoms with E-state index in [1.54, 1.807) is 17.3 Å². The van der Waals surface area contributed by atoms with Gasteiger partial charge in [0.1, 0.15) is 11.4 Å². The number of aromatic nitrogens is 4. The van der Waals surface area contributed by atoms with Crippen molar-refractivity contribution in [2.75, 3.05) is 6.54 Å². The Morgan fingerprint density at radius 3 is 2.43 bits per heavy atom. The summed E-state index contributed by atoms with van der Waals surface area (Å²) in [4.78, 5) is 30.9. The van der Waals surface area contributed by atoms with Gasteiger partial charge in [0.05, 0.1) is 22.4 Å². The summed E-state index contributed by atoms with van der Waals surface area (Å²) >= 11 is 3.35. The molecule has 1 amide bonds. The topological polar surface area (TPSA) is 84.0 Å². The number of nitrogens with one attached hydrogen (secondary N) is 1. The highest BCUT2D eigenvalue weighted by Gasteiger charge is 2.34. The Morgan fingerprint density at radius 2 is 1.77 bits per heavy atom. The fourth-order valence-electron chi connectivity index (χ4n) is 3.50. The summed E-state index contributed by atoms with van der Waals surface area (Å²) in [7, 11) is 0. The number of rotatable bonds is 3. The molecule has 1 aliphatic rings. The van der Waals surface area contributed by atoms with E-state index >= 15 is 0 Å². The van der Waals surface area contributed by atoms with Gasteiger partial charge in [0.25, 0.3) is 0 Å². The summed E-state index contributed by atoms with van der Waals surface area (Å²) in [6, 6.07) is 7.91. The molecule has 4 rings (SSSR count). The number of carbonyl (C=O) groups excluding carboxylic acids is 1. The first-order valence-corrected chi connectivity index (χ1v) is 10.7. The number of aromatic amines is 1. The van der Waals surface area contributed by atoms with E-state index in [4.69, 9.17) is 4.74 Å². The monoisotopic (exact) mass is 469 g/mol. The first-order valence-electron chi connectivity index (χ1n) is 9.93. The van der Waals surface area contributed by atoms with Gasteiger partial charge in [-0.25, -0.2) is 19.7 Å². The predicted molar refractivity (Wildman–Crippen MR) is 118 cm³/mol.